The van der Waals surface area contributed by atoms with E-state index in [4.69, 9.17) is 4.63 Å². The van der Waals surface area contributed by atoms with Gasteiger partial charge in [-0.15, -0.1) is 0 Å². The molecule has 1 aromatic carbocycles. The smallest absolute Gasteiger partial charge is 0.256 e. The molecule has 1 fully saturated rings. The highest BCUT2D eigenvalue weighted by Gasteiger charge is 2.23. The topological polar surface area (TPSA) is 102 Å². The lowest BCUT2D eigenvalue weighted by molar-refractivity contribution is 0.102. The number of carbonyl (C=O) groups is 1. The fourth-order valence-electron chi connectivity index (χ4n) is 4.51. The molecule has 4 heterocycles. The van der Waals surface area contributed by atoms with Crippen molar-refractivity contribution in [3.05, 3.63) is 35.2 Å². The fraction of sp³-hybridized carbons (Fsp3) is 0.435. The van der Waals surface area contributed by atoms with E-state index in [9.17, 15) is 4.79 Å². The maximum absolute atomic E-state index is 13.4. The van der Waals surface area contributed by atoms with Gasteiger partial charge in [0.25, 0.3) is 5.91 Å². The van der Waals surface area contributed by atoms with E-state index in [0.717, 1.165) is 54.0 Å². The van der Waals surface area contributed by atoms with Crippen LogP contribution in [0.25, 0.3) is 22.1 Å². The van der Waals surface area contributed by atoms with Crippen molar-refractivity contribution in [2.75, 3.05) is 23.3 Å². The summed E-state index contributed by atoms with van der Waals surface area (Å²) in [6.45, 7) is 9.86. The molecule has 0 saturated carbocycles. The molecule has 0 aliphatic carbocycles. The number of anilines is 2. The van der Waals surface area contributed by atoms with Gasteiger partial charge in [0, 0.05) is 24.8 Å². The summed E-state index contributed by atoms with van der Waals surface area (Å²) in [7, 11) is 0. The second-order valence-corrected chi connectivity index (χ2v) is 8.73. The van der Waals surface area contributed by atoms with Crippen LogP contribution in [0.15, 0.2) is 22.8 Å². The molecular weight excluding hydrogens is 406 g/mol. The van der Waals surface area contributed by atoms with E-state index in [1.807, 2.05) is 44.5 Å². The monoisotopic (exact) mass is 433 g/mol. The first-order valence-corrected chi connectivity index (χ1v) is 11.1. The number of nitrogens with zero attached hydrogens (tertiary/aromatic N) is 6. The summed E-state index contributed by atoms with van der Waals surface area (Å²) < 4.78 is 6.92. The van der Waals surface area contributed by atoms with Crippen LogP contribution in [-0.2, 0) is 0 Å². The van der Waals surface area contributed by atoms with Gasteiger partial charge >= 0.3 is 0 Å². The normalized spacial score (nSPS) is 14.6. The molecule has 1 N–H and O–H groups in total. The molecule has 32 heavy (non-hydrogen) atoms. The lowest BCUT2D eigenvalue weighted by Crippen LogP contribution is -2.29. The van der Waals surface area contributed by atoms with Gasteiger partial charge in [0.2, 0.25) is 0 Å². The highest BCUT2D eigenvalue weighted by molar-refractivity contribution is 6.15. The van der Waals surface area contributed by atoms with E-state index in [1.54, 1.807) is 6.07 Å². The van der Waals surface area contributed by atoms with Crippen molar-refractivity contribution in [1.82, 2.24) is 25.1 Å². The summed E-state index contributed by atoms with van der Waals surface area (Å²) in [5, 5.41) is 16.6. The Labute approximate surface area is 185 Å². The molecule has 9 nitrogen and oxygen atoms in total. The number of rotatable bonds is 4. The van der Waals surface area contributed by atoms with Crippen LogP contribution in [-0.4, -0.2) is 44.1 Å². The number of aromatic nitrogens is 5. The molecule has 9 heteroatoms. The molecule has 1 aliphatic heterocycles. The van der Waals surface area contributed by atoms with Crippen molar-refractivity contribution >= 4 is 39.3 Å². The Morgan fingerprint density at radius 2 is 1.84 bits per heavy atom. The minimum atomic E-state index is -0.234. The molecule has 0 unspecified atom stereocenters. The van der Waals surface area contributed by atoms with E-state index >= 15 is 0 Å². The number of carbonyl (C=O) groups excluding carboxylic acids is 1. The molecule has 0 atom stereocenters. The van der Waals surface area contributed by atoms with Crippen LogP contribution < -0.4 is 10.2 Å². The third-order valence-electron chi connectivity index (χ3n) is 6.04. The summed E-state index contributed by atoms with van der Waals surface area (Å²) in [5.41, 5.74) is 5.59. The molecule has 166 valence electrons. The minimum absolute atomic E-state index is 0.138. The molecule has 0 bridgehead atoms. The first-order valence-electron chi connectivity index (χ1n) is 11.1. The van der Waals surface area contributed by atoms with E-state index in [-0.39, 0.29) is 11.9 Å². The van der Waals surface area contributed by atoms with Crippen LogP contribution in [0.1, 0.15) is 60.9 Å². The van der Waals surface area contributed by atoms with Crippen molar-refractivity contribution in [1.29, 1.82) is 0 Å². The van der Waals surface area contributed by atoms with Crippen LogP contribution in [0.5, 0.6) is 0 Å². The SMILES string of the molecule is Cc1cc(C(=O)Nc2ccc(N3CCCCC3)c3nonc23)c2c(C)nn(C(C)C)c2n1. The maximum Gasteiger partial charge on any atom is 0.256 e. The molecule has 0 radical (unpaired) electrons. The molecule has 0 spiro atoms. The minimum Gasteiger partial charge on any atom is -0.370 e. The summed E-state index contributed by atoms with van der Waals surface area (Å²) in [5.74, 6) is -0.234. The number of piperidine rings is 1. The number of amides is 1. The number of aryl methyl sites for hydroxylation is 2. The van der Waals surface area contributed by atoms with Gasteiger partial charge in [0.1, 0.15) is 0 Å². The lowest BCUT2D eigenvalue weighted by Gasteiger charge is -2.28. The summed E-state index contributed by atoms with van der Waals surface area (Å²) >= 11 is 0. The van der Waals surface area contributed by atoms with Gasteiger partial charge in [0.05, 0.1) is 28.0 Å². The average molecular weight is 434 g/mol. The zero-order valence-electron chi connectivity index (χ0n) is 18.8. The number of benzene rings is 1. The van der Waals surface area contributed by atoms with Crippen LogP contribution in [0.3, 0.4) is 0 Å². The summed E-state index contributed by atoms with van der Waals surface area (Å²) in [4.78, 5) is 20.4. The highest BCUT2D eigenvalue weighted by atomic mass is 16.6. The van der Waals surface area contributed by atoms with Gasteiger partial charge in [-0.1, -0.05) is 0 Å². The number of hydrogen-bond donors (Lipinski definition) is 1. The predicted octanol–water partition coefficient (Wildman–Crippen LogP) is 4.41. The zero-order chi connectivity index (χ0) is 22.4. The third kappa shape index (κ3) is 3.37. The van der Waals surface area contributed by atoms with Gasteiger partial charge < -0.3 is 10.2 Å². The first-order chi connectivity index (χ1) is 15.4. The number of hydrogen-bond acceptors (Lipinski definition) is 7. The van der Waals surface area contributed by atoms with Crippen LogP contribution in [0.2, 0.25) is 0 Å². The second-order valence-electron chi connectivity index (χ2n) is 8.73. The van der Waals surface area contributed by atoms with Gasteiger partial charge in [-0.05, 0) is 75.5 Å². The number of fused-ring (bicyclic) bond motifs is 2. The van der Waals surface area contributed by atoms with Crippen molar-refractivity contribution < 1.29 is 9.42 Å². The molecule has 1 aliphatic rings. The lowest BCUT2D eigenvalue weighted by atomic mass is 10.1. The van der Waals surface area contributed by atoms with Crippen molar-refractivity contribution in [3.8, 4) is 0 Å². The van der Waals surface area contributed by atoms with Crippen LogP contribution in [0, 0.1) is 13.8 Å². The average Bonchev–Trinajstić information content (AvgIpc) is 3.39. The van der Waals surface area contributed by atoms with E-state index in [2.05, 4.69) is 30.6 Å². The predicted molar refractivity (Wildman–Crippen MR) is 123 cm³/mol. The Bertz CT molecular complexity index is 1320. The fourth-order valence-corrected chi connectivity index (χ4v) is 4.51. The van der Waals surface area contributed by atoms with E-state index in [1.165, 1.54) is 6.42 Å². The quantitative estimate of drug-likeness (QED) is 0.509. The van der Waals surface area contributed by atoms with Gasteiger partial charge in [0.15, 0.2) is 16.7 Å². The molecule has 3 aromatic heterocycles. The maximum atomic E-state index is 13.4. The van der Waals surface area contributed by atoms with Crippen molar-refractivity contribution in [3.63, 3.8) is 0 Å². The Balaban J connectivity index is 1.54. The summed E-state index contributed by atoms with van der Waals surface area (Å²) in [6, 6.07) is 5.81. The second kappa shape index (κ2) is 7.89. The Kier molecular flexibility index (Phi) is 5.03. The highest BCUT2D eigenvalue weighted by Crippen LogP contribution is 2.32. The Morgan fingerprint density at radius 1 is 1.09 bits per heavy atom. The largest absolute Gasteiger partial charge is 0.370 e. The first kappa shape index (κ1) is 20.4. The molecule has 4 aromatic rings. The van der Waals surface area contributed by atoms with Gasteiger partial charge in [-0.3, -0.25) is 4.79 Å². The van der Waals surface area contributed by atoms with Crippen molar-refractivity contribution in [2.24, 2.45) is 0 Å². The van der Waals surface area contributed by atoms with E-state index < -0.39 is 0 Å². The standard InChI is InChI=1S/C23H27N7O2/c1-13(2)30-22-19(15(4)26-30)16(12-14(3)24-22)23(31)25-17-8-9-18(21-20(17)27-32-28-21)29-10-6-5-7-11-29/h8-9,12-13H,5-7,10-11H2,1-4H3,(H,25,31). The summed E-state index contributed by atoms with van der Waals surface area (Å²) in [6.07, 6.45) is 3.57. The van der Waals surface area contributed by atoms with Crippen LogP contribution >= 0.6 is 0 Å². The van der Waals surface area contributed by atoms with Crippen molar-refractivity contribution in [2.45, 2.75) is 53.0 Å². The Hall–Kier alpha value is -3.49. The Morgan fingerprint density at radius 3 is 2.59 bits per heavy atom. The van der Waals surface area contributed by atoms with E-state index in [0.29, 0.717) is 22.3 Å². The molecule has 1 saturated heterocycles. The van der Waals surface area contributed by atoms with Crippen LogP contribution in [0.4, 0.5) is 11.4 Å². The molecular formula is C23H27N7O2. The molecule has 5 rings (SSSR count). The van der Waals surface area contributed by atoms with Gasteiger partial charge in [-0.2, -0.15) is 5.10 Å². The zero-order valence-corrected chi connectivity index (χ0v) is 18.8. The third-order valence-corrected chi connectivity index (χ3v) is 6.04. The molecule has 1 amide bonds. The number of pyridine rings is 1. The van der Waals surface area contributed by atoms with Gasteiger partial charge in [-0.25, -0.2) is 14.3 Å². The number of nitrogens with one attached hydrogen (secondary N) is 1.